The second kappa shape index (κ2) is 14.2. The molecule has 0 aliphatic carbocycles. The van der Waals surface area contributed by atoms with Crippen LogP contribution in [0, 0.1) is 0 Å². The first-order chi connectivity index (χ1) is 29.2. The van der Waals surface area contributed by atoms with Gasteiger partial charge in [0.2, 0.25) is 0 Å². The van der Waals surface area contributed by atoms with E-state index < -0.39 is 0 Å². The largest absolute Gasteiger partial charge is 0.457 e. The van der Waals surface area contributed by atoms with Gasteiger partial charge in [0.1, 0.15) is 124 Å². The van der Waals surface area contributed by atoms with Gasteiger partial charge in [-0.3, -0.25) is 0 Å². The van der Waals surface area contributed by atoms with E-state index in [9.17, 15) is 0 Å². The Balaban J connectivity index is 1.38. The van der Waals surface area contributed by atoms with Gasteiger partial charge in [-0.05, 0) is 34.0 Å². The Morgan fingerprint density at radius 1 is 0.311 bits per heavy atom. The summed E-state index contributed by atoms with van der Waals surface area (Å²) >= 11 is 0. The summed E-state index contributed by atoms with van der Waals surface area (Å²) in [6, 6.07) is 22.3. The first kappa shape index (κ1) is 39.4. The Bertz CT molecular complexity index is 3590. The molecule has 0 spiro atoms. The average Bonchev–Trinajstić information content (AvgIpc) is 3.86. The first-order valence-corrected chi connectivity index (χ1v) is 18.6. The number of nitrogens with zero attached hydrogens (tertiary/aromatic N) is 3. The zero-order valence-electron chi connectivity index (χ0n) is 32.1. The van der Waals surface area contributed by atoms with Crippen molar-refractivity contribution in [2.24, 2.45) is 0 Å². The summed E-state index contributed by atoms with van der Waals surface area (Å²) in [4.78, 5) is 14.9. The van der Waals surface area contributed by atoms with E-state index >= 15 is 0 Å². The Morgan fingerprint density at radius 2 is 0.770 bits per heavy atom. The summed E-state index contributed by atoms with van der Waals surface area (Å²) in [5, 5.41) is 2.74. The van der Waals surface area contributed by atoms with Crippen molar-refractivity contribution in [3.05, 3.63) is 72.8 Å². The molecule has 0 amide bonds. The van der Waals surface area contributed by atoms with Crippen molar-refractivity contribution in [1.29, 1.82) is 0 Å². The molecule has 3 aromatic heterocycles. The molecule has 0 saturated carbocycles. The van der Waals surface area contributed by atoms with Gasteiger partial charge >= 0.3 is 0 Å². The second-order valence-electron chi connectivity index (χ2n) is 14.7. The van der Waals surface area contributed by atoms with Gasteiger partial charge in [-0.25, -0.2) is 15.0 Å². The zero-order chi connectivity index (χ0) is 42.9. The van der Waals surface area contributed by atoms with Crippen molar-refractivity contribution in [2.45, 2.75) is 0 Å². The molecule has 0 unspecified atom stereocenters. The van der Waals surface area contributed by atoms with E-state index in [0.717, 1.165) is 10.8 Å². The van der Waals surface area contributed by atoms with Gasteiger partial charge in [0.25, 0.3) is 0 Å². The van der Waals surface area contributed by atoms with Crippen LogP contribution in [0.15, 0.2) is 81.6 Å². The Morgan fingerprint density at radius 3 is 1.43 bits per heavy atom. The van der Waals surface area contributed by atoms with Crippen molar-refractivity contribution >= 4 is 228 Å². The molecule has 0 aliphatic heterocycles. The number of aromatic nitrogens is 3. The molecular formula is C43H12B13N3O2. The van der Waals surface area contributed by atoms with Gasteiger partial charge in [-0.15, -0.1) is 27.3 Å². The molecule has 0 aliphatic rings. The predicted molar refractivity (Wildman–Crippen MR) is 264 cm³/mol. The molecule has 5 nitrogen and oxygen atoms in total. The summed E-state index contributed by atoms with van der Waals surface area (Å²) in [6.45, 7) is 0. The highest BCUT2D eigenvalue weighted by molar-refractivity contribution is 6.70. The predicted octanol–water partition coefficient (Wildman–Crippen LogP) is -4.19. The van der Waals surface area contributed by atoms with E-state index in [2.05, 4.69) is 0 Å². The molecule has 7 aromatic carbocycles. The van der Waals surface area contributed by atoms with Crippen molar-refractivity contribution in [3.8, 4) is 45.3 Å². The highest BCUT2D eigenvalue weighted by Crippen LogP contribution is 2.39. The number of benzene rings is 7. The average molecular weight is 743 g/mol. The Labute approximate surface area is 367 Å². The fourth-order valence-electron chi connectivity index (χ4n) is 8.32. The third-order valence-electron chi connectivity index (χ3n) is 11.4. The van der Waals surface area contributed by atoms with E-state index in [1.165, 1.54) is 0 Å². The SMILES string of the molecule is [B]c1c([B])c([B])c2c(oc3c([B])c([B])c([B])c(-c4nc(-c5ccccc5)nc(-c5c([B])c([B])c([B])c6c(-c7cccc8oc9ccccc9c78)c([B])c([B])c([B])c56)n4)c32)c1[B]. The molecule has 0 saturated heterocycles. The fraction of sp³-hybridized carbons (Fsp3) is 0. The lowest BCUT2D eigenvalue weighted by Crippen LogP contribution is -2.47. The van der Waals surface area contributed by atoms with Crippen LogP contribution in [0.3, 0.4) is 0 Å². The third kappa shape index (κ3) is 5.56. The molecule has 18 heteroatoms. The molecule has 10 aromatic rings. The summed E-state index contributed by atoms with van der Waals surface area (Å²) in [6.07, 6.45) is 0. The maximum atomic E-state index is 6.96. The van der Waals surface area contributed by atoms with Gasteiger partial charge in [-0.2, -0.15) is 0 Å². The van der Waals surface area contributed by atoms with E-state index in [1.54, 1.807) is 0 Å². The molecular weight excluding hydrogens is 731 g/mol. The summed E-state index contributed by atoms with van der Waals surface area (Å²) in [5.74, 6) is 0.181. The van der Waals surface area contributed by atoms with Gasteiger partial charge in [0.05, 0.1) is 0 Å². The normalized spacial score (nSPS) is 11.8. The number of hydrogen-bond donors (Lipinski definition) is 0. The molecule has 10 rings (SSSR count). The van der Waals surface area contributed by atoms with Crippen molar-refractivity contribution in [1.82, 2.24) is 15.0 Å². The lowest BCUT2D eigenvalue weighted by atomic mass is 9.60. The minimum atomic E-state index is -0.0253. The van der Waals surface area contributed by atoms with Gasteiger partial charge in [0, 0.05) is 38.2 Å². The van der Waals surface area contributed by atoms with Crippen LogP contribution >= 0.6 is 0 Å². The van der Waals surface area contributed by atoms with E-state index in [0.29, 0.717) is 33.2 Å². The maximum Gasteiger partial charge on any atom is 0.164 e. The molecule has 3 heterocycles. The number of rotatable bonds is 4. The molecule has 0 bridgehead atoms. The fourth-order valence-corrected chi connectivity index (χ4v) is 8.32. The lowest BCUT2D eigenvalue weighted by Gasteiger charge is -2.26. The van der Waals surface area contributed by atoms with Crippen LogP contribution in [0.25, 0.3) is 99.9 Å². The van der Waals surface area contributed by atoms with Crippen molar-refractivity contribution in [3.63, 3.8) is 0 Å². The summed E-state index contributed by atoms with van der Waals surface area (Å²) in [7, 11) is 87.1. The smallest absolute Gasteiger partial charge is 0.164 e. The molecule has 26 radical (unpaired) electrons. The van der Waals surface area contributed by atoms with Crippen LogP contribution in [0.5, 0.6) is 0 Å². The molecule has 0 atom stereocenters. The molecule has 0 fully saturated rings. The zero-order valence-corrected chi connectivity index (χ0v) is 32.1. The quantitative estimate of drug-likeness (QED) is 0.172. The lowest BCUT2D eigenvalue weighted by molar-refractivity contribution is 0.669. The Hall–Kier alpha value is -5.75. The number of para-hydroxylation sites is 1. The van der Waals surface area contributed by atoms with E-state index in [1.807, 2.05) is 72.8 Å². The van der Waals surface area contributed by atoms with Crippen LogP contribution in [0.4, 0.5) is 0 Å². The monoisotopic (exact) mass is 745 g/mol. The summed E-state index contributed by atoms with van der Waals surface area (Å²) < 4.78 is 12.5. The van der Waals surface area contributed by atoms with Crippen LogP contribution < -0.4 is 71.0 Å². The third-order valence-corrected chi connectivity index (χ3v) is 11.4. The minimum Gasteiger partial charge on any atom is -0.457 e. The summed E-state index contributed by atoms with van der Waals surface area (Å²) in [5.41, 5.74) is 3.94. The van der Waals surface area contributed by atoms with Gasteiger partial charge < -0.3 is 8.83 Å². The molecule has 250 valence electrons. The van der Waals surface area contributed by atoms with E-state index in [-0.39, 0.29) is 127 Å². The number of fused-ring (bicyclic) bond motifs is 7. The Kier molecular flexibility index (Phi) is 9.14. The highest BCUT2D eigenvalue weighted by atomic mass is 16.3. The van der Waals surface area contributed by atoms with Crippen LogP contribution in [-0.2, 0) is 0 Å². The second-order valence-corrected chi connectivity index (χ2v) is 14.7. The van der Waals surface area contributed by atoms with Gasteiger partial charge in [0.15, 0.2) is 17.5 Å². The van der Waals surface area contributed by atoms with Crippen LogP contribution in [0.2, 0.25) is 0 Å². The standard InChI is InChI=1S/C43H12B13N3O2/c44-26-19(15-10-6-12-17-18(15)14-9-4-5-11-16(14)60-17)20-21(28(46)32(26)50)24(30(48)33(51)27(20)45)42-57-41(13-7-2-1-3-8-13)58-43(59-42)25-22-23-29(47)34(52)36(54)38(56)40(23)61-39(22)37(55)35(53)31(25)49/h1-12H. The topological polar surface area (TPSA) is 65.0 Å². The number of hydrogen-bond acceptors (Lipinski definition) is 5. The van der Waals surface area contributed by atoms with Crippen molar-refractivity contribution in [2.75, 3.05) is 0 Å². The van der Waals surface area contributed by atoms with Crippen molar-refractivity contribution < 1.29 is 8.83 Å². The molecule has 0 N–H and O–H groups in total. The molecule has 61 heavy (non-hydrogen) atoms. The van der Waals surface area contributed by atoms with E-state index in [4.69, 9.17) is 126 Å². The first-order valence-electron chi connectivity index (χ1n) is 18.6. The van der Waals surface area contributed by atoms with Crippen LogP contribution in [-0.4, -0.2) is 117 Å². The maximum absolute atomic E-state index is 6.96. The minimum absolute atomic E-state index is 0.00100. The number of furan rings is 2. The highest BCUT2D eigenvalue weighted by Gasteiger charge is 2.28. The van der Waals surface area contributed by atoms with Crippen LogP contribution in [0.1, 0.15) is 0 Å². The van der Waals surface area contributed by atoms with Gasteiger partial charge in [-0.1, -0.05) is 104 Å².